The largest absolute Gasteiger partial charge is 0.507 e. The monoisotopic (exact) mass is 473 g/mol. The molecule has 1 aromatic heterocycles. The Balaban J connectivity index is 1.97. The van der Waals surface area contributed by atoms with Gasteiger partial charge in [-0.15, -0.1) is 11.3 Å². The number of amides is 1. The SMILES string of the molecule is COc1ccc(Cl)c(/C(O)=C2/C(=O)C(=O)N(c3ccc(Cl)cc3C)C2c2cccs2)c1. The van der Waals surface area contributed by atoms with Gasteiger partial charge < -0.3 is 9.84 Å². The molecule has 1 aliphatic rings. The summed E-state index contributed by atoms with van der Waals surface area (Å²) in [5, 5.41) is 13.8. The van der Waals surface area contributed by atoms with E-state index in [2.05, 4.69) is 0 Å². The Hall–Kier alpha value is -2.80. The van der Waals surface area contributed by atoms with E-state index in [1.807, 2.05) is 24.4 Å². The molecule has 0 aliphatic carbocycles. The highest BCUT2D eigenvalue weighted by atomic mass is 35.5. The van der Waals surface area contributed by atoms with Crippen LogP contribution in [0.4, 0.5) is 5.69 Å². The van der Waals surface area contributed by atoms with Gasteiger partial charge >= 0.3 is 0 Å². The summed E-state index contributed by atoms with van der Waals surface area (Å²) in [6, 6.07) is 12.7. The third kappa shape index (κ3) is 3.71. The highest BCUT2D eigenvalue weighted by molar-refractivity contribution is 7.10. The molecule has 0 bridgehead atoms. The minimum absolute atomic E-state index is 0.0306. The van der Waals surface area contributed by atoms with Crippen LogP contribution in [0.5, 0.6) is 5.75 Å². The summed E-state index contributed by atoms with van der Waals surface area (Å²) in [5.74, 6) is -1.41. The van der Waals surface area contributed by atoms with Crippen LogP contribution in [0.2, 0.25) is 10.0 Å². The number of carbonyl (C=O) groups excluding carboxylic acids is 2. The topological polar surface area (TPSA) is 66.8 Å². The van der Waals surface area contributed by atoms with E-state index in [-0.39, 0.29) is 21.9 Å². The van der Waals surface area contributed by atoms with Crippen molar-refractivity contribution >= 4 is 57.7 Å². The summed E-state index contributed by atoms with van der Waals surface area (Å²) in [5.41, 5.74) is 1.46. The number of Topliss-reactive ketones (excluding diaryl/α,β-unsaturated/α-hetero) is 1. The van der Waals surface area contributed by atoms with Crippen molar-refractivity contribution in [2.75, 3.05) is 12.0 Å². The van der Waals surface area contributed by atoms with Crippen molar-refractivity contribution in [3.05, 3.63) is 85.5 Å². The highest BCUT2D eigenvalue weighted by Crippen LogP contribution is 2.45. The van der Waals surface area contributed by atoms with Crippen LogP contribution in [-0.4, -0.2) is 23.9 Å². The van der Waals surface area contributed by atoms with Gasteiger partial charge in [0.1, 0.15) is 17.6 Å². The predicted molar refractivity (Wildman–Crippen MR) is 123 cm³/mol. The Morgan fingerprint density at radius 2 is 1.90 bits per heavy atom. The summed E-state index contributed by atoms with van der Waals surface area (Å²) in [6.07, 6.45) is 0. The van der Waals surface area contributed by atoms with E-state index in [0.717, 1.165) is 10.4 Å². The molecule has 1 N–H and O–H groups in total. The number of aliphatic hydroxyl groups excluding tert-OH is 1. The van der Waals surface area contributed by atoms with Gasteiger partial charge in [0.15, 0.2) is 0 Å². The molecule has 1 aliphatic heterocycles. The first-order valence-electron chi connectivity index (χ1n) is 9.28. The second-order valence-corrected chi connectivity index (χ2v) is 8.78. The van der Waals surface area contributed by atoms with E-state index in [4.69, 9.17) is 27.9 Å². The molecule has 1 amide bonds. The molecule has 0 radical (unpaired) electrons. The van der Waals surface area contributed by atoms with Crippen molar-refractivity contribution in [2.24, 2.45) is 0 Å². The van der Waals surface area contributed by atoms with Crippen LogP contribution in [0.25, 0.3) is 5.76 Å². The molecule has 8 heteroatoms. The number of methoxy groups -OCH3 is 1. The van der Waals surface area contributed by atoms with E-state index >= 15 is 0 Å². The molecule has 1 unspecified atom stereocenters. The first-order chi connectivity index (χ1) is 14.8. The number of carbonyl (C=O) groups is 2. The van der Waals surface area contributed by atoms with Gasteiger partial charge in [-0.3, -0.25) is 14.5 Å². The maximum absolute atomic E-state index is 13.1. The van der Waals surface area contributed by atoms with E-state index in [9.17, 15) is 14.7 Å². The highest BCUT2D eigenvalue weighted by Gasteiger charge is 2.48. The molecule has 158 valence electrons. The number of hydrogen-bond donors (Lipinski definition) is 1. The zero-order chi connectivity index (χ0) is 22.3. The lowest BCUT2D eigenvalue weighted by atomic mass is 9.99. The second kappa shape index (κ2) is 8.38. The summed E-state index contributed by atoms with van der Waals surface area (Å²) >= 11 is 13.8. The first kappa shape index (κ1) is 21.4. The molecule has 0 saturated carbocycles. The van der Waals surface area contributed by atoms with Crippen LogP contribution >= 0.6 is 34.5 Å². The molecule has 1 atom stereocenters. The number of nitrogens with zero attached hydrogens (tertiary/aromatic N) is 1. The molecule has 2 heterocycles. The number of ketones is 1. The number of aliphatic hydroxyl groups is 1. The van der Waals surface area contributed by atoms with Crippen LogP contribution < -0.4 is 9.64 Å². The molecule has 5 nitrogen and oxygen atoms in total. The molecule has 0 spiro atoms. The predicted octanol–water partition coefficient (Wildman–Crippen LogP) is 6.00. The summed E-state index contributed by atoms with van der Waals surface area (Å²) in [6.45, 7) is 1.81. The lowest BCUT2D eigenvalue weighted by Gasteiger charge is -2.25. The molecule has 1 fully saturated rings. The number of thiophene rings is 1. The van der Waals surface area contributed by atoms with E-state index < -0.39 is 17.7 Å². The molecule has 3 aromatic rings. The molecular formula is C23H17Cl2NO4S. The zero-order valence-corrected chi connectivity index (χ0v) is 18.9. The van der Waals surface area contributed by atoms with E-state index in [1.165, 1.54) is 29.4 Å². The van der Waals surface area contributed by atoms with Gasteiger partial charge in [-0.25, -0.2) is 0 Å². The standard InChI is InChI=1S/C23H17Cl2NO4S/c1-12-10-13(24)5-8-17(12)26-20(18-4-3-9-31-18)19(22(28)23(26)29)21(27)15-11-14(30-2)6-7-16(15)25/h3-11,20,27H,1-2H3/b21-19-. The summed E-state index contributed by atoms with van der Waals surface area (Å²) < 4.78 is 5.22. The van der Waals surface area contributed by atoms with Crippen molar-refractivity contribution in [3.63, 3.8) is 0 Å². The molecule has 31 heavy (non-hydrogen) atoms. The van der Waals surface area contributed by atoms with Crippen LogP contribution in [-0.2, 0) is 9.59 Å². The van der Waals surface area contributed by atoms with Crippen LogP contribution in [0.1, 0.15) is 22.0 Å². The van der Waals surface area contributed by atoms with Crippen molar-refractivity contribution in [1.29, 1.82) is 0 Å². The van der Waals surface area contributed by atoms with Crippen molar-refractivity contribution < 1.29 is 19.4 Å². The fourth-order valence-electron chi connectivity index (χ4n) is 3.64. The lowest BCUT2D eigenvalue weighted by molar-refractivity contribution is -0.132. The molecular weight excluding hydrogens is 457 g/mol. The Morgan fingerprint density at radius 1 is 1.13 bits per heavy atom. The van der Waals surface area contributed by atoms with Gasteiger partial charge in [-0.1, -0.05) is 29.3 Å². The summed E-state index contributed by atoms with van der Waals surface area (Å²) in [7, 11) is 1.49. The number of anilines is 1. The van der Waals surface area contributed by atoms with Gasteiger partial charge in [0.2, 0.25) is 0 Å². The van der Waals surface area contributed by atoms with E-state index in [0.29, 0.717) is 16.5 Å². The molecule has 2 aromatic carbocycles. The maximum atomic E-state index is 13.1. The van der Waals surface area contributed by atoms with Crippen molar-refractivity contribution in [2.45, 2.75) is 13.0 Å². The smallest absolute Gasteiger partial charge is 0.300 e. The van der Waals surface area contributed by atoms with Gasteiger partial charge in [-0.2, -0.15) is 0 Å². The minimum atomic E-state index is -0.804. The Morgan fingerprint density at radius 3 is 2.55 bits per heavy atom. The second-order valence-electron chi connectivity index (χ2n) is 6.96. The first-order valence-corrected chi connectivity index (χ1v) is 10.9. The zero-order valence-electron chi connectivity index (χ0n) is 16.6. The fourth-order valence-corrected chi connectivity index (χ4v) is 4.90. The quantitative estimate of drug-likeness (QED) is 0.286. The maximum Gasteiger partial charge on any atom is 0.300 e. The third-order valence-corrected chi connectivity index (χ3v) is 6.59. The van der Waals surface area contributed by atoms with Crippen LogP contribution in [0.3, 0.4) is 0 Å². The average molecular weight is 474 g/mol. The third-order valence-electron chi connectivity index (χ3n) is 5.10. The molecule has 4 rings (SSSR count). The van der Waals surface area contributed by atoms with Crippen LogP contribution in [0.15, 0.2) is 59.5 Å². The lowest BCUT2D eigenvalue weighted by Crippen LogP contribution is -2.29. The van der Waals surface area contributed by atoms with Gasteiger partial charge in [-0.05, 0) is 60.3 Å². The Bertz CT molecular complexity index is 1220. The van der Waals surface area contributed by atoms with Gasteiger partial charge in [0.25, 0.3) is 11.7 Å². The summed E-state index contributed by atoms with van der Waals surface area (Å²) in [4.78, 5) is 28.4. The number of ether oxygens (including phenoxy) is 1. The number of halogens is 2. The average Bonchev–Trinajstić information content (AvgIpc) is 3.36. The molecule has 1 saturated heterocycles. The van der Waals surface area contributed by atoms with Gasteiger partial charge in [0, 0.05) is 21.2 Å². The van der Waals surface area contributed by atoms with Crippen molar-refractivity contribution in [1.82, 2.24) is 0 Å². The fraction of sp³-hybridized carbons (Fsp3) is 0.130. The number of hydrogen-bond acceptors (Lipinski definition) is 5. The number of benzene rings is 2. The van der Waals surface area contributed by atoms with Crippen molar-refractivity contribution in [3.8, 4) is 5.75 Å². The number of rotatable bonds is 4. The minimum Gasteiger partial charge on any atom is -0.507 e. The van der Waals surface area contributed by atoms with Crippen LogP contribution in [0, 0.1) is 6.92 Å². The van der Waals surface area contributed by atoms with Gasteiger partial charge in [0.05, 0.1) is 17.7 Å². The Kier molecular flexibility index (Phi) is 5.79. The Labute approximate surface area is 193 Å². The number of aryl methyl sites for hydroxylation is 1. The normalized spacial score (nSPS) is 17.9. The van der Waals surface area contributed by atoms with E-state index in [1.54, 1.807) is 30.3 Å².